The van der Waals surface area contributed by atoms with Crippen molar-refractivity contribution in [3.05, 3.63) is 59.7 Å². The zero-order valence-electron chi connectivity index (χ0n) is 20.2. The Morgan fingerprint density at radius 2 is 1.50 bits per heavy atom. The molecule has 34 heavy (non-hydrogen) atoms. The van der Waals surface area contributed by atoms with Crippen LogP contribution in [-0.2, 0) is 14.3 Å². The Morgan fingerprint density at radius 3 is 2.00 bits per heavy atom. The highest BCUT2D eigenvalue weighted by atomic mass is 16.5. The van der Waals surface area contributed by atoms with Crippen molar-refractivity contribution in [2.24, 2.45) is 17.8 Å². The van der Waals surface area contributed by atoms with E-state index in [-0.39, 0.29) is 30.9 Å². The van der Waals surface area contributed by atoms with Gasteiger partial charge in [-0.2, -0.15) is 0 Å². The Morgan fingerprint density at radius 1 is 0.941 bits per heavy atom. The van der Waals surface area contributed by atoms with Gasteiger partial charge in [0.2, 0.25) is 5.91 Å². The second-order valence-corrected chi connectivity index (χ2v) is 9.60. The van der Waals surface area contributed by atoms with Crippen LogP contribution in [0.3, 0.4) is 0 Å². The topological polar surface area (TPSA) is 105 Å². The van der Waals surface area contributed by atoms with E-state index in [4.69, 9.17) is 4.74 Å². The number of benzene rings is 2. The fourth-order valence-electron chi connectivity index (χ4n) is 4.48. The Balaban J connectivity index is 1.60. The van der Waals surface area contributed by atoms with Crippen LogP contribution in [0.1, 0.15) is 51.2 Å². The van der Waals surface area contributed by atoms with Gasteiger partial charge in [-0.3, -0.25) is 9.59 Å². The molecule has 0 bridgehead atoms. The number of carbonyl (C=O) groups excluding carboxylic acids is 2. The van der Waals surface area contributed by atoms with Gasteiger partial charge in [0.05, 0.1) is 5.92 Å². The van der Waals surface area contributed by atoms with Crippen molar-refractivity contribution in [3.63, 3.8) is 0 Å². The Kier molecular flexibility index (Phi) is 8.31. The molecule has 0 saturated heterocycles. The lowest BCUT2D eigenvalue weighted by Gasteiger charge is -2.23. The lowest BCUT2D eigenvalue weighted by molar-refractivity contribution is -0.142. The zero-order chi connectivity index (χ0) is 24.8. The average Bonchev–Trinajstić information content (AvgIpc) is 3.11. The molecular weight excluding hydrogens is 432 g/mol. The third-order valence-corrected chi connectivity index (χ3v) is 6.19. The van der Waals surface area contributed by atoms with Gasteiger partial charge in [-0.1, -0.05) is 76.2 Å². The fourth-order valence-corrected chi connectivity index (χ4v) is 4.48. The third kappa shape index (κ3) is 5.95. The predicted molar refractivity (Wildman–Crippen MR) is 130 cm³/mol. The average molecular weight is 467 g/mol. The van der Waals surface area contributed by atoms with Crippen LogP contribution >= 0.6 is 0 Å². The van der Waals surface area contributed by atoms with E-state index in [0.29, 0.717) is 6.42 Å². The van der Waals surface area contributed by atoms with Gasteiger partial charge in [0.15, 0.2) is 0 Å². The van der Waals surface area contributed by atoms with E-state index in [1.54, 1.807) is 0 Å². The van der Waals surface area contributed by atoms with Crippen molar-refractivity contribution in [3.8, 4) is 11.1 Å². The monoisotopic (exact) mass is 466 g/mol. The lowest BCUT2D eigenvalue weighted by Crippen LogP contribution is -2.51. The molecule has 0 aliphatic heterocycles. The summed E-state index contributed by atoms with van der Waals surface area (Å²) in [6, 6.07) is 15.3. The SMILES string of the molecule is CC(C)CC(CNC(=O)C(NC(=O)OCC1c2ccccc2-c2ccccc21)C(C)C)C(=O)O. The number of ether oxygens (including phenoxy) is 1. The summed E-state index contributed by atoms with van der Waals surface area (Å²) in [6.07, 6.45) is -0.213. The fraction of sp³-hybridized carbons (Fsp3) is 0.444. The summed E-state index contributed by atoms with van der Waals surface area (Å²) in [5.74, 6) is -2.12. The molecular formula is C27H34N2O5. The van der Waals surface area contributed by atoms with E-state index in [0.717, 1.165) is 22.3 Å². The van der Waals surface area contributed by atoms with Gasteiger partial charge in [0, 0.05) is 12.5 Å². The first-order valence-corrected chi connectivity index (χ1v) is 11.8. The molecule has 3 N–H and O–H groups in total. The number of alkyl carbamates (subject to hydrolysis) is 1. The van der Waals surface area contributed by atoms with Gasteiger partial charge in [-0.25, -0.2) is 4.79 Å². The van der Waals surface area contributed by atoms with Crippen LogP contribution < -0.4 is 10.6 Å². The molecule has 2 atom stereocenters. The second kappa shape index (κ2) is 11.2. The summed E-state index contributed by atoms with van der Waals surface area (Å²) in [4.78, 5) is 36.8. The number of hydrogen-bond donors (Lipinski definition) is 3. The highest BCUT2D eigenvalue weighted by Crippen LogP contribution is 2.44. The van der Waals surface area contributed by atoms with Crippen molar-refractivity contribution < 1.29 is 24.2 Å². The van der Waals surface area contributed by atoms with Crippen molar-refractivity contribution in [1.29, 1.82) is 0 Å². The normalized spacial score (nSPS) is 14.3. The molecule has 1 aliphatic carbocycles. The number of carboxylic acid groups (broad SMARTS) is 1. The van der Waals surface area contributed by atoms with Crippen LogP contribution in [0.2, 0.25) is 0 Å². The maximum Gasteiger partial charge on any atom is 0.407 e. The van der Waals surface area contributed by atoms with Crippen molar-refractivity contribution in [2.75, 3.05) is 13.2 Å². The van der Waals surface area contributed by atoms with Gasteiger partial charge in [0.1, 0.15) is 12.6 Å². The number of fused-ring (bicyclic) bond motifs is 3. The summed E-state index contributed by atoms with van der Waals surface area (Å²) in [6.45, 7) is 7.68. The van der Waals surface area contributed by atoms with Gasteiger partial charge in [-0.15, -0.1) is 0 Å². The summed E-state index contributed by atoms with van der Waals surface area (Å²) in [7, 11) is 0. The molecule has 7 heteroatoms. The number of carboxylic acids is 1. The number of amides is 2. The van der Waals surface area contributed by atoms with Crippen LogP contribution in [0.4, 0.5) is 4.79 Å². The van der Waals surface area contributed by atoms with Gasteiger partial charge in [-0.05, 0) is 40.5 Å². The van der Waals surface area contributed by atoms with Crippen molar-refractivity contribution >= 4 is 18.0 Å². The van der Waals surface area contributed by atoms with E-state index < -0.39 is 29.9 Å². The Labute approximate surface area is 200 Å². The molecule has 0 aromatic heterocycles. The van der Waals surface area contributed by atoms with E-state index >= 15 is 0 Å². The largest absolute Gasteiger partial charge is 0.481 e. The lowest BCUT2D eigenvalue weighted by atomic mass is 9.96. The second-order valence-electron chi connectivity index (χ2n) is 9.60. The minimum atomic E-state index is -0.945. The molecule has 0 saturated carbocycles. The standard InChI is InChI=1S/C27H34N2O5/c1-16(2)13-18(26(31)32)14-28-25(30)24(17(3)4)29-27(33)34-15-23-21-11-7-5-9-19(21)20-10-6-8-12-22(20)23/h5-12,16-18,23-24H,13-15H2,1-4H3,(H,28,30)(H,29,33)(H,31,32). The highest BCUT2D eigenvalue weighted by molar-refractivity contribution is 5.86. The summed E-state index contributed by atoms with van der Waals surface area (Å²) in [5.41, 5.74) is 4.50. The van der Waals surface area contributed by atoms with Crippen LogP contribution in [0.25, 0.3) is 11.1 Å². The molecule has 0 radical (unpaired) electrons. The smallest absolute Gasteiger partial charge is 0.407 e. The van der Waals surface area contributed by atoms with Gasteiger partial charge < -0.3 is 20.5 Å². The Bertz CT molecular complexity index is 988. The molecule has 0 spiro atoms. The van der Waals surface area contributed by atoms with E-state index in [9.17, 15) is 19.5 Å². The minimum Gasteiger partial charge on any atom is -0.481 e. The number of aliphatic carboxylic acids is 1. The van der Waals surface area contributed by atoms with E-state index in [1.165, 1.54) is 0 Å². The van der Waals surface area contributed by atoms with E-state index in [1.807, 2.05) is 64.1 Å². The number of carbonyl (C=O) groups is 3. The number of rotatable bonds is 10. The van der Waals surface area contributed by atoms with Crippen LogP contribution in [0, 0.1) is 17.8 Å². The summed E-state index contributed by atoms with van der Waals surface area (Å²) in [5, 5.41) is 14.8. The molecule has 0 heterocycles. The molecule has 7 nitrogen and oxygen atoms in total. The van der Waals surface area contributed by atoms with Gasteiger partial charge in [0.25, 0.3) is 0 Å². The zero-order valence-corrected chi connectivity index (χ0v) is 20.2. The minimum absolute atomic E-state index is 0.0158. The first-order chi connectivity index (χ1) is 16.2. The highest BCUT2D eigenvalue weighted by Gasteiger charge is 2.31. The Hall–Kier alpha value is -3.35. The summed E-state index contributed by atoms with van der Waals surface area (Å²) >= 11 is 0. The number of hydrogen-bond acceptors (Lipinski definition) is 4. The molecule has 2 unspecified atom stereocenters. The van der Waals surface area contributed by atoms with E-state index in [2.05, 4.69) is 22.8 Å². The van der Waals surface area contributed by atoms with Crippen LogP contribution in [0.5, 0.6) is 0 Å². The molecule has 0 fully saturated rings. The number of nitrogens with one attached hydrogen (secondary N) is 2. The van der Waals surface area contributed by atoms with Gasteiger partial charge >= 0.3 is 12.1 Å². The quantitative estimate of drug-likeness (QED) is 0.481. The van der Waals surface area contributed by atoms with Crippen LogP contribution in [0.15, 0.2) is 48.5 Å². The van der Waals surface area contributed by atoms with Crippen LogP contribution in [-0.4, -0.2) is 42.3 Å². The first-order valence-electron chi connectivity index (χ1n) is 11.8. The maximum absolute atomic E-state index is 12.7. The molecule has 182 valence electrons. The third-order valence-electron chi connectivity index (χ3n) is 6.19. The summed E-state index contributed by atoms with van der Waals surface area (Å²) < 4.78 is 5.56. The first kappa shape index (κ1) is 25.3. The van der Waals surface area contributed by atoms with Crippen molar-refractivity contribution in [2.45, 2.75) is 46.1 Å². The molecule has 2 aromatic carbocycles. The predicted octanol–water partition coefficient (Wildman–Crippen LogP) is 4.41. The van der Waals surface area contributed by atoms with Crippen molar-refractivity contribution in [1.82, 2.24) is 10.6 Å². The molecule has 2 amide bonds. The molecule has 3 rings (SSSR count). The maximum atomic E-state index is 12.7. The molecule has 1 aliphatic rings. The molecule has 2 aromatic rings.